The highest BCUT2D eigenvalue weighted by Crippen LogP contribution is 2.44. The Morgan fingerprint density at radius 1 is 1.25 bits per heavy atom. The Kier molecular flexibility index (Phi) is 7.90. The summed E-state index contributed by atoms with van der Waals surface area (Å²) in [5, 5.41) is 9.53. The molecule has 0 aromatic heterocycles. The predicted molar refractivity (Wildman–Crippen MR) is 93.0 cm³/mol. The standard InChI is InChI=1S/C16H27N2O5P/c1-12(2)11-18(16(19)20)14(15(10-17)24(21,22)23)9-8-13-6-4-3-5-7-13/h3-7,12,14-15H,8-11,17H2,1-2H3,(H,19,20)(H2,21,22,23). The maximum atomic E-state index is 11.8. The monoisotopic (exact) mass is 358 g/mol. The molecule has 0 spiro atoms. The molecule has 0 aliphatic rings. The van der Waals surface area contributed by atoms with Gasteiger partial charge in [-0.3, -0.25) is 4.57 Å². The van der Waals surface area contributed by atoms with Gasteiger partial charge in [0, 0.05) is 13.1 Å². The summed E-state index contributed by atoms with van der Waals surface area (Å²) in [5.41, 5.74) is 5.36. The van der Waals surface area contributed by atoms with Crippen molar-refractivity contribution in [2.24, 2.45) is 11.7 Å². The zero-order valence-corrected chi connectivity index (χ0v) is 15.0. The number of carboxylic acid groups (broad SMARTS) is 1. The first-order valence-corrected chi connectivity index (χ1v) is 9.63. The average Bonchev–Trinajstić information content (AvgIpc) is 2.48. The van der Waals surface area contributed by atoms with E-state index in [-0.39, 0.29) is 19.0 Å². The maximum Gasteiger partial charge on any atom is 0.407 e. The number of rotatable bonds is 9. The third-order valence-corrected chi connectivity index (χ3v) is 5.32. The first-order chi connectivity index (χ1) is 11.2. The molecular weight excluding hydrogens is 331 g/mol. The zero-order valence-electron chi connectivity index (χ0n) is 14.1. The number of benzene rings is 1. The van der Waals surface area contributed by atoms with Gasteiger partial charge >= 0.3 is 13.7 Å². The number of hydrogen-bond donors (Lipinski definition) is 4. The van der Waals surface area contributed by atoms with Gasteiger partial charge in [-0.2, -0.15) is 0 Å². The van der Waals surface area contributed by atoms with Crippen molar-refractivity contribution in [3.05, 3.63) is 35.9 Å². The van der Waals surface area contributed by atoms with Crippen LogP contribution in [-0.4, -0.2) is 50.7 Å². The van der Waals surface area contributed by atoms with Crippen molar-refractivity contribution in [1.82, 2.24) is 4.90 Å². The quantitative estimate of drug-likeness (QED) is 0.501. The summed E-state index contributed by atoms with van der Waals surface area (Å²) in [6.45, 7) is 3.65. The lowest BCUT2D eigenvalue weighted by Crippen LogP contribution is -2.50. The lowest BCUT2D eigenvalue weighted by molar-refractivity contribution is 0.110. The van der Waals surface area contributed by atoms with Gasteiger partial charge in [0.05, 0.1) is 11.7 Å². The van der Waals surface area contributed by atoms with Crippen molar-refractivity contribution in [3.63, 3.8) is 0 Å². The summed E-state index contributed by atoms with van der Waals surface area (Å²) in [7, 11) is -4.52. The van der Waals surface area contributed by atoms with Gasteiger partial charge < -0.3 is 25.5 Å². The Morgan fingerprint density at radius 3 is 2.25 bits per heavy atom. The number of amides is 1. The molecule has 0 aliphatic heterocycles. The van der Waals surface area contributed by atoms with Gasteiger partial charge in [-0.1, -0.05) is 44.2 Å². The minimum absolute atomic E-state index is 0.0375. The smallest absolute Gasteiger partial charge is 0.407 e. The normalized spacial score (nSPS) is 14.4. The van der Waals surface area contributed by atoms with E-state index >= 15 is 0 Å². The van der Waals surface area contributed by atoms with Crippen molar-refractivity contribution in [2.45, 2.75) is 38.4 Å². The van der Waals surface area contributed by atoms with Crippen LogP contribution in [-0.2, 0) is 11.0 Å². The molecule has 0 radical (unpaired) electrons. The van der Waals surface area contributed by atoms with Crippen LogP contribution in [0.25, 0.3) is 0 Å². The highest BCUT2D eigenvalue weighted by atomic mass is 31.2. The first kappa shape index (κ1) is 20.6. The number of nitrogens with two attached hydrogens (primary N) is 1. The van der Waals surface area contributed by atoms with Crippen LogP contribution >= 0.6 is 7.60 Å². The lowest BCUT2D eigenvalue weighted by atomic mass is 10.0. The Labute approximate surface area is 142 Å². The van der Waals surface area contributed by atoms with Crippen LogP contribution in [0, 0.1) is 5.92 Å². The van der Waals surface area contributed by atoms with E-state index in [0.717, 1.165) is 10.5 Å². The lowest BCUT2D eigenvalue weighted by Gasteiger charge is -2.36. The van der Waals surface area contributed by atoms with Gasteiger partial charge in [0.25, 0.3) is 0 Å². The molecule has 7 nitrogen and oxygen atoms in total. The fourth-order valence-corrected chi connectivity index (χ4v) is 3.82. The first-order valence-electron chi connectivity index (χ1n) is 7.95. The summed E-state index contributed by atoms with van der Waals surface area (Å²) in [4.78, 5) is 32.0. The Morgan fingerprint density at radius 2 is 1.83 bits per heavy atom. The van der Waals surface area contributed by atoms with E-state index in [9.17, 15) is 24.3 Å². The second-order valence-electron chi connectivity index (χ2n) is 6.31. The zero-order chi connectivity index (χ0) is 18.3. The van der Waals surface area contributed by atoms with E-state index in [0.29, 0.717) is 12.8 Å². The van der Waals surface area contributed by atoms with Crippen molar-refractivity contribution < 1.29 is 24.3 Å². The van der Waals surface area contributed by atoms with E-state index in [1.165, 1.54) is 0 Å². The van der Waals surface area contributed by atoms with Crippen LogP contribution in [0.15, 0.2) is 30.3 Å². The summed E-state index contributed by atoms with van der Waals surface area (Å²) in [5.74, 6) is 0.0375. The highest BCUT2D eigenvalue weighted by molar-refractivity contribution is 7.52. The SMILES string of the molecule is CC(C)CN(C(=O)O)C(CCc1ccccc1)C(CN)P(=O)(O)O. The number of carbonyl (C=O) groups is 1. The molecule has 1 aromatic rings. The average molecular weight is 358 g/mol. The molecule has 2 unspecified atom stereocenters. The highest BCUT2D eigenvalue weighted by Gasteiger charge is 2.40. The van der Waals surface area contributed by atoms with Gasteiger partial charge in [-0.15, -0.1) is 0 Å². The molecule has 24 heavy (non-hydrogen) atoms. The van der Waals surface area contributed by atoms with Crippen LogP contribution in [0.5, 0.6) is 0 Å². The molecule has 1 aromatic carbocycles. The van der Waals surface area contributed by atoms with Crippen LogP contribution in [0.2, 0.25) is 0 Å². The number of hydrogen-bond acceptors (Lipinski definition) is 3. The summed E-state index contributed by atoms with van der Waals surface area (Å²) in [6, 6.07) is 8.59. The molecule has 2 atom stereocenters. The summed E-state index contributed by atoms with van der Waals surface area (Å²) in [6.07, 6.45) is -0.367. The minimum Gasteiger partial charge on any atom is -0.465 e. The summed E-state index contributed by atoms with van der Waals surface area (Å²) >= 11 is 0. The molecule has 0 heterocycles. The minimum atomic E-state index is -4.52. The van der Waals surface area contributed by atoms with E-state index in [4.69, 9.17) is 5.73 Å². The van der Waals surface area contributed by atoms with Gasteiger partial charge in [-0.25, -0.2) is 4.79 Å². The molecule has 0 saturated heterocycles. The molecule has 0 aliphatic carbocycles. The maximum absolute atomic E-state index is 11.8. The molecule has 1 rings (SSSR count). The number of aryl methyl sites for hydroxylation is 1. The third-order valence-electron chi connectivity index (χ3n) is 3.90. The van der Waals surface area contributed by atoms with E-state index < -0.39 is 25.4 Å². The van der Waals surface area contributed by atoms with Crippen molar-refractivity contribution in [2.75, 3.05) is 13.1 Å². The van der Waals surface area contributed by atoms with E-state index in [1.807, 2.05) is 44.2 Å². The van der Waals surface area contributed by atoms with E-state index in [2.05, 4.69) is 0 Å². The van der Waals surface area contributed by atoms with Gasteiger partial charge in [0.15, 0.2) is 0 Å². The third kappa shape index (κ3) is 6.24. The molecule has 0 saturated carbocycles. The van der Waals surface area contributed by atoms with Gasteiger partial charge in [-0.05, 0) is 24.3 Å². The van der Waals surface area contributed by atoms with Gasteiger partial charge in [0.2, 0.25) is 0 Å². The molecular formula is C16H27N2O5P. The van der Waals surface area contributed by atoms with Crippen molar-refractivity contribution in [3.8, 4) is 0 Å². The molecule has 8 heteroatoms. The topological polar surface area (TPSA) is 124 Å². The molecule has 136 valence electrons. The van der Waals surface area contributed by atoms with E-state index in [1.54, 1.807) is 0 Å². The Balaban J connectivity index is 3.08. The van der Waals surface area contributed by atoms with Crippen molar-refractivity contribution >= 4 is 13.7 Å². The van der Waals surface area contributed by atoms with Crippen LogP contribution < -0.4 is 5.73 Å². The van der Waals surface area contributed by atoms with Gasteiger partial charge in [0.1, 0.15) is 0 Å². The second-order valence-corrected chi connectivity index (χ2v) is 8.15. The predicted octanol–water partition coefficient (Wildman–Crippen LogP) is 2.13. The molecule has 1 amide bonds. The second kappa shape index (κ2) is 9.18. The molecule has 0 bridgehead atoms. The van der Waals surface area contributed by atoms with Crippen LogP contribution in [0.4, 0.5) is 4.79 Å². The fourth-order valence-electron chi connectivity index (χ4n) is 2.78. The molecule has 0 fully saturated rings. The van der Waals surface area contributed by atoms with Crippen LogP contribution in [0.1, 0.15) is 25.8 Å². The Hall–Kier alpha value is -1.40. The Bertz CT molecular complexity index is 561. The fraction of sp³-hybridized carbons (Fsp3) is 0.562. The van der Waals surface area contributed by atoms with Crippen molar-refractivity contribution in [1.29, 1.82) is 0 Å². The van der Waals surface area contributed by atoms with Crippen LogP contribution in [0.3, 0.4) is 0 Å². The largest absolute Gasteiger partial charge is 0.465 e. The summed E-state index contributed by atoms with van der Waals surface area (Å²) < 4.78 is 11.8. The molecule has 5 N–H and O–H groups in total. The number of nitrogens with zero attached hydrogens (tertiary/aromatic N) is 1.